The third-order valence-electron chi connectivity index (χ3n) is 3.56. The topological polar surface area (TPSA) is 48.0 Å². The van der Waals surface area contributed by atoms with E-state index < -0.39 is 0 Å². The van der Waals surface area contributed by atoms with Crippen molar-refractivity contribution in [2.24, 2.45) is 0 Å². The standard InChI is InChI=1S/C16H23NO4/c1-17(10-13-5-7-14(19-2)8-6-13)16(18)12-20-11-15-4-3-9-21-15/h5-8,15H,3-4,9-12H2,1-2H3. The molecule has 1 aromatic rings. The van der Waals surface area contributed by atoms with Crippen LogP contribution in [0, 0.1) is 0 Å². The lowest BCUT2D eigenvalue weighted by molar-refractivity contribution is -0.136. The van der Waals surface area contributed by atoms with Gasteiger partial charge in [0, 0.05) is 20.2 Å². The van der Waals surface area contributed by atoms with E-state index in [2.05, 4.69) is 0 Å². The average Bonchev–Trinajstić information content (AvgIpc) is 3.01. The van der Waals surface area contributed by atoms with Gasteiger partial charge in [0.1, 0.15) is 12.4 Å². The molecule has 1 aliphatic heterocycles. The molecule has 0 aromatic heterocycles. The van der Waals surface area contributed by atoms with Crippen molar-refractivity contribution in [2.75, 3.05) is 34.0 Å². The first kappa shape index (κ1) is 15.8. The summed E-state index contributed by atoms with van der Waals surface area (Å²) in [5, 5.41) is 0. The first-order valence-corrected chi connectivity index (χ1v) is 7.25. The Kier molecular flexibility index (Phi) is 6.02. The Balaban J connectivity index is 1.70. The van der Waals surface area contributed by atoms with E-state index in [9.17, 15) is 4.79 Å². The molecule has 1 aliphatic rings. The van der Waals surface area contributed by atoms with Crippen LogP contribution in [0.25, 0.3) is 0 Å². The first-order valence-electron chi connectivity index (χ1n) is 7.25. The van der Waals surface area contributed by atoms with Crippen LogP contribution in [0.1, 0.15) is 18.4 Å². The summed E-state index contributed by atoms with van der Waals surface area (Å²) in [7, 11) is 3.41. The number of ether oxygens (including phenoxy) is 3. The molecule has 1 atom stereocenters. The maximum absolute atomic E-state index is 12.0. The zero-order chi connectivity index (χ0) is 15.1. The van der Waals surface area contributed by atoms with Crippen LogP contribution in [0.15, 0.2) is 24.3 Å². The molecule has 0 aliphatic carbocycles. The molecule has 0 spiro atoms. The predicted octanol–water partition coefficient (Wildman–Crippen LogP) is 1.85. The Morgan fingerprint density at radius 1 is 1.38 bits per heavy atom. The van der Waals surface area contributed by atoms with Crippen molar-refractivity contribution in [1.82, 2.24) is 4.90 Å². The number of carbonyl (C=O) groups is 1. The highest BCUT2D eigenvalue weighted by molar-refractivity contribution is 5.77. The van der Waals surface area contributed by atoms with E-state index in [-0.39, 0.29) is 18.6 Å². The summed E-state index contributed by atoms with van der Waals surface area (Å²) < 4.78 is 16.0. The van der Waals surface area contributed by atoms with Crippen LogP contribution in [0.4, 0.5) is 0 Å². The highest BCUT2D eigenvalue weighted by Crippen LogP contribution is 2.13. The zero-order valence-electron chi connectivity index (χ0n) is 12.7. The number of nitrogens with zero attached hydrogens (tertiary/aromatic N) is 1. The Morgan fingerprint density at radius 2 is 2.14 bits per heavy atom. The van der Waals surface area contributed by atoms with Crippen LogP contribution in [0.2, 0.25) is 0 Å². The van der Waals surface area contributed by atoms with Crippen LogP contribution in [0.5, 0.6) is 5.75 Å². The molecule has 1 fully saturated rings. The van der Waals surface area contributed by atoms with Gasteiger partial charge in [0.05, 0.1) is 19.8 Å². The summed E-state index contributed by atoms with van der Waals surface area (Å²) in [4.78, 5) is 13.6. The number of rotatable bonds is 7. The van der Waals surface area contributed by atoms with E-state index in [0.717, 1.165) is 30.8 Å². The minimum atomic E-state index is -0.0242. The molecule has 5 nitrogen and oxygen atoms in total. The lowest BCUT2D eigenvalue weighted by Gasteiger charge is -2.18. The van der Waals surface area contributed by atoms with Gasteiger partial charge in [-0.1, -0.05) is 12.1 Å². The third kappa shape index (κ3) is 5.02. The fraction of sp³-hybridized carbons (Fsp3) is 0.562. The van der Waals surface area contributed by atoms with E-state index in [1.165, 1.54) is 0 Å². The molecule has 1 aromatic carbocycles. The molecule has 0 bridgehead atoms. The maximum atomic E-state index is 12.0. The molecule has 1 heterocycles. The van der Waals surface area contributed by atoms with Gasteiger partial charge in [0.25, 0.3) is 0 Å². The second-order valence-electron chi connectivity index (χ2n) is 5.25. The van der Waals surface area contributed by atoms with E-state index in [4.69, 9.17) is 14.2 Å². The quantitative estimate of drug-likeness (QED) is 0.770. The van der Waals surface area contributed by atoms with Gasteiger partial charge in [-0.3, -0.25) is 4.79 Å². The average molecular weight is 293 g/mol. The Bertz CT molecular complexity index is 440. The number of likely N-dealkylation sites (N-methyl/N-ethyl adjacent to an activating group) is 1. The summed E-state index contributed by atoms with van der Waals surface area (Å²) >= 11 is 0. The van der Waals surface area contributed by atoms with Crippen molar-refractivity contribution >= 4 is 5.91 Å². The molecule has 116 valence electrons. The smallest absolute Gasteiger partial charge is 0.248 e. The third-order valence-corrected chi connectivity index (χ3v) is 3.56. The summed E-state index contributed by atoms with van der Waals surface area (Å²) in [6.07, 6.45) is 2.26. The fourth-order valence-electron chi connectivity index (χ4n) is 2.26. The number of methoxy groups -OCH3 is 1. The monoisotopic (exact) mass is 293 g/mol. The molecule has 2 rings (SSSR count). The number of hydrogen-bond donors (Lipinski definition) is 0. The molecule has 0 N–H and O–H groups in total. The van der Waals surface area contributed by atoms with Crippen molar-refractivity contribution in [3.8, 4) is 5.75 Å². The molecular weight excluding hydrogens is 270 g/mol. The van der Waals surface area contributed by atoms with Crippen molar-refractivity contribution < 1.29 is 19.0 Å². The minimum Gasteiger partial charge on any atom is -0.497 e. The summed E-state index contributed by atoms with van der Waals surface area (Å²) in [5.74, 6) is 0.788. The van der Waals surface area contributed by atoms with Gasteiger partial charge in [-0.2, -0.15) is 0 Å². The van der Waals surface area contributed by atoms with Crippen molar-refractivity contribution in [1.29, 1.82) is 0 Å². The van der Waals surface area contributed by atoms with Gasteiger partial charge in [-0.25, -0.2) is 0 Å². The lowest BCUT2D eigenvalue weighted by Crippen LogP contribution is -2.31. The minimum absolute atomic E-state index is 0.0242. The first-order chi connectivity index (χ1) is 10.2. The molecular formula is C16H23NO4. The van der Waals surface area contributed by atoms with Crippen LogP contribution in [-0.2, 0) is 20.8 Å². The van der Waals surface area contributed by atoms with Crippen LogP contribution in [-0.4, -0.2) is 50.9 Å². The van der Waals surface area contributed by atoms with Crippen molar-refractivity contribution in [3.05, 3.63) is 29.8 Å². The number of hydrogen-bond acceptors (Lipinski definition) is 4. The van der Waals surface area contributed by atoms with Gasteiger partial charge in [0.15, 0.2) is 0 Å². The van der Waals surface area contributed by atoms with E-state index in [1.807, 2.05) is 24.3 Å². The SMILES string of the molecule is COc1ccc(CN(C)C(=O)COCC2CCCO2)cc1. The highest BCUT2D eigenvalue weighted by atomic mass is 16.5. The number of amides is 1. The summed E-state index contributed by atoms with van der Waals surface area (Å²) in [5.41, 5.74) is 1.06. The molecule has 1 amide bonds. The van der Waals surface area contributed by atoms with Crippen molar-refractivity contribution in [2.45, 2.75) is 25.5 Å². The molecule has 21 heavy (non-hydrogen) atoms. The molecule has 1 unspecified atom stereocenters. The molecule has 0 saturated carbocycles. The fourth-order valence-corrected chi connectivity index (χ4v) is 2.26. The zero-order valence-corrected chi connectivity index (χ0v) is 12.7. The second-order valence-corrected chi connectivity index (χ2v) is 5.25. The lowest BCUT2D eigenvalue weighted by atomic mass is 10.2. The van der Waals surface area contributed by atoms with Gasteiger partial charge in [0.2, 0.25) is 5.91 Å². The summed E-state index contributed by atoms with van der Waals surface area (Å²) in [6.45, 7) is 1.97. The van der Waals surface area contributed by atoms with Gasteiger partial charge < -0.3 is 19.1 Å². The van der Waals surface area contributed by atoms with Crippen LogP contribution < -0.4 is 4.74 Å². The predicted molar refractivity (Wildman–Crippen MR) is 79.3 cm³/mol. The Labute approximate surface area is 125 Å². The van der Waals surface area contributed by atoms with E-state index in [0.29, 0.717) is 13.2 Å². The Hall–Kier alpha value is -1.59. The van der Waals surface area contributed by atoms with Gasteiger partial charge in [-0.15, -0.1) is 0 Å². The van der Waals surface area contributed by atoms with Crippen LogP contribution in [0.3, 0.4) is 0 Å². The maximum Gasteiger partial charge on any atom is 0.248 e. The second kappa shape index (κ2) is 8.00. The normalized spacial score (nSPS) is 17.7. The molecule has 5 heteroatoms. The highest BCUT2D eigenvalue weighted by Gasteiger charge is 2.17. The van der Waals surface area contributed by atoms with Gasteiger partial charge in [-0.05, 0) is 30.5 Å². The van der Waals surface area contributed by atoms with Crippen molar-refractivity contribution in [3.63, 3.8) is 0 Å². The molecule has 1 saturated heterocycles. The number of carbonyl (C=O) groups excluding carboxylic acids is 1. The summed E-state index contributed by atoms with van der Waals surface area (Å²) in [6, 6.07) is 7.69. The van der Waals surface area contributed by atoms with E-state index >= 15 is 0 Å². The largest absolute Gasteiger partial charge is 0.497 e. The van der Waals surface area contributed by atoms with Gasteiger partial charge >= 0.3 is 0 Å². The molecule has 0 radical (unpaired) electrons. The number of benzene rings is 1. The van der Waals surface area contributed by atoms with E-state index in [1.54, 1.807) is 19.1 Å². The van der Waals surface area contributed by atoms with Crippen LogP contribution >= 0.6 is 0 Å². The Morgan fingerprint density at radius 3 is 2.76 bits per heavy atom.